The van der Waals surface area contributed by atoms with E-state index in [2.05, 4.69) is 5.32 Å². The Morgan fingerprint density at radius 2 is 2.00 bits per heavy atom. The van der Waals surface area contributed by atoms with Crippen molar-refractivity contribution in [3.63, 3.8) is 0 Å². The molecule has 1 fully saturated rings. The van der Waals surface area contributed by atoms with Gasteiger partial charge in [0.25, 0.3) is 0 Å². The van der Waals surface area contributed by atoms with Crippen molar-refractivity contribution in [1.29, 1.82) is 0 Å². The standard InChI is InChI=1S/C16H19F3N2O3/c1-24-13-4-2-11(3-5-13)6-7-20-15(23)12-8-14(22)21(9-12)10-16(17,18)19/h2-5,12H,6-10H2,1H3,(H,20,23)/t12-/m1/s1. The molecule has 2 rings (SSSR count). The van der Waals surface area contributed by atoms with Crippen LogP contribution in [0, 0.1) is 5.92 Å². The second-order valence-corrected chi connectivity index (χ2v) is 5.68. The molecule has 1 N–H and O–H groups in total. The summed E-state index contributed by atoms with van der Waals surface area (Å²) in [5.74, 6) is -1.02. The zero-order valence-corrected chi connectivity index (χ0v) is 13.2. The summed E-state index contributed by atoms with van der Waals surface area (Å²) in [5.41, 5.74) is 0.997. The number of nitrogens with one attached hydrogen (secondary N) is 1. The summed E-state index contributed by atoms with van der Waals surface area (Å²) >= 11 is 0. The summed E-state index contributed by atoms with van der Waals surface area (Å²) in [6.07, 6.45) is -4.04. The van der Waals surface area contributed by atoms with E-state index in [1.165, 1.54) is 0 Å². The number of rotatable bonds is 6. The Morgan fingerprint density at radius 1 is 1.33 bits per heavy atom. The molecular formula is C16H19F3N2O3. The van der Waals surface area contributed by atoms with E-state index in [1.807, 2.05) is 24.3 Å². The molecule has 0 bridgehead atoms. The Labute approximate surface area is 137 Å². The van der Waals surface area contributed by atoms with Gasteiger partial charge in [0.05, 0.1) is 13.0 Å². The van der Waals surface area contributed by atoms with Crippen molar-refractivity contribution in [2.75, 3.05) is 26.7 Å². The molecule has 1 saturated heterocycles. The number of alkyl halides is 3. The van der Waals surface area contributed by atoms with Crippen LogP contribution in [0.5, 0.6) is 5.75 Å². The number of hydrogen-bond acceptors (Lipinski definition) is 3. The van der Waals surface area contributed by atoms with Crippen molar-refractivity contribution in [2.45, 2.75) is 19.0 Å². The van der Waals surface area contributed by atoms with Crippen molar-refractivity contribution in [3.05, 3.63) is 29.8 Å². The van der Waals surface area contributed by atoms with Gasteiger partial charge in [0.1, 0.15) is 12.3 Å². The minimum atomic E-state index is -4.45. The van der Waals surface area contributed by atoms with Gasteiger partial charge in [-0.15, -0.1) is 0 Å². The Bertz CT molecular complexity index is 587. The molecule has 2 amide bonds. The molecule has 1 aromatic carbocycles. The number of amides is 2. The molecule has 8 heteroatoms. The molecule has 0 aliphatic carbocycles. The van der Waals surface area contributed by atoms with Gasteiger partial charge in [0, 0.05) is 19.5 Å². The molecule has 1 atom stereocenters. The number of halogens is 3. The minimum absolute atomic E-state index is 0.176. The molecule has 0 radical (unpaired) electrons. The monoisotopic (exact) mass is 344 g/mol. The Kier molecular flexibility index (Phi) is 5.69. The third-order valence-corrected chi connectivity index (χ3v) is 3.83. The second kappa shape index (κ2) is 7.55. The van der Waals surface area contributed by atoms with E-state index in [9.17, 15) is 22.8 Å². The molecule has 0 spiro atoms. The molecule has 24 heavy (non-hydrogen) atoms. The molecule has 1 aromatic rings. The third kappa shape index (κ3) is 5.14. The first-order valence-electron chi connectivity index (χ1n) is 7.53. The highest BCUT2D eigenvalue weighted by Gasteiger charge is 2.40. The van der Waals surface area contributed by atoms with E-state index in [4.69, 9.17) is 4.74 Å². The third-order valence-electron chi connectivity index (χ3n) is 3.83. The average Bonchev–Trinajstić information content (AvgIpc) is 2.87. The fourth-order valence-corrected chi connectivity index (χ4v) is 2.58. The number of likely N-dealkylation sites (tertiary alicyclic amines) is 1. The number of carbonyl (C=O) groups is 2. The van der Waals surface area contributed by atoms with E-state index in [1.54, 1.807) is 7.11 Å². The zero-order valence-electron chi connectivity index (χ0n) is 13.2. The van der Waals surface area contributed by atoms with Crippen molar-refractivity contribution in [3.8, 4) is 5.75 Å². The molecular weight excluding hydrogens is 325 g/mol. The summed E-state index contributed by atoms with van der Waals surface area (Å²) in [7, 11) is 1.57. The van der Waals surface area contributed by atoms with Crippen LogP contribution in [0.1, 0.15) is 12.0 Å². The smallest absolute Gasteiger partial charge is 0.406 e. The molecule has 1 aliphatic heterocycles. The molecule has 0 saturated carbocycles. The van der Waals surface area contributed by atoms with Crippen molar-refractivity contribution in [2.24, 2.45) is 5.92 Å². The first-order chi connectivity index (χ1) is 11.3. The van der Waals surface area contributed by atoms with Gasteiger partial charge in [0.2, 0.25) is 11.8 Å². The highest BCUT2D eigenvalue weighted by atomic mass is 19.4. The van der Waals surface area contributed by atoms with Crippen LogP contribution in [0.25, 0.3) is 0 Å². The van der Waals surface area contributed by atoms with Crippen LogP contribution >= 0.6 is 0 Å². The lowest BCUT2D eigenvalue weighted by molar-refractivity contribution is -0.157. The van der Waals surface area contributed by atoms with Crippen LogP contribution < -0.4 is 10.1 Å². The number of methoxy groups -OCH3 is 1. The first kappa shape index (κ1) is 18.1. The number of ether oxygens (including phenoxy) is 1. The highest BCUT2D eigenvalue weighted by Crippen LogP contribution is 2.23. The Balaban J connectivity index is 1.77. The highest BCUT2D eigenvalue weighted by molar-refractivity contribution is 5.89. The van der Waals surface area contributed by atoms with Gasteiger partial charge in [-0.05, 0) is 24.1 Å². The molecule has 1 heterocycles. The van der Waals surface area contributed by atoms with E-state index < -0.39 is 24.5 Å². The van der Waals surface area contributed by atoms with Crippen LogP contribution in [-0.2, 0) is 16.0 Å². The predicted molar refractivity (Wildman–Crippen MR) is 80.4 cm³/mol. The lowest BCUT2D eigenvalue weighted by atomic mass is 10.1. The maximum atomic E-state index is 12.4. The molecule has 1 aliphatic rings. The molecule has 5 nitrogen and oxygen atoms in total. The quantitative estimate of drug-likeness (QED) is 0.856. The van der Waals surface area contributed by atoms with Gasteiger partial charge in [-0.1, -0.05) is 12.1 Å². The number of carbonyl (C=O) groups excluding carboxylic acids is 2. The van der Waals surface area contributed by atoms with Crippen LogP contribution in [0.3, 0.4) is 0 Å². The van der Waals surface area contributed by atoms with E-state index in [0.717, 1.165) is 11.3 Å². The van der Waals surface area contributed by atoms with Gasteiger partial charge < -0.3 is 15.0 Å². The summed E-state index contributed by atoms with van der Waals surface area (Å²) in [5, 5.41) is 2.68. The lowest BCUT2D eigenvalue weighted by Gasteiger charge is -2.18. The number of benzene rings is 1. The summed E-state index contributed by atoms with van der Waals surface area (Å²) in [6, 6.07) is 7.36. The van der Waals surface area contributed by atoms with Gasteiger partial charge >= 0.3 is 6.18 Å². The van der Waals surface area contributed by atoms with Crippen LogP contribution in [0.4, 0.5) is 13.2 Å². The van der Waals surface area contributed by atoms with Crippen molar-refractivity contribution < 1.29 is 27.5 Å². The second-order valence-electron chi connectivity index (χ2n) is 5.68. The largest absolute Gasteiger partial charge is 0.497 e. The number of nitrogens with zero attached hydrogens (tertiary/aromatic N) is 1. The van der Waals surface area contributed by atoms with Crippen molar-refractivity contribution in [1.82, 2.24) is 10.2 Å². The lowest BCUT2D eigenvalue weighted by Crippen LogP contribution is -2.37. The summed E-state index contributed by atoms with van der Waals surface area (Å²) in [4.78, 5) is 24.2. The van der Waals surface area contributed by atoms with Crippen LogP contribution in [0.15, 0.2) is 24.3 Å². The van der Waals surface area contributed by atoms with E-state index >= 15 is 0 Å². The van der Waals surface area contributed by atoms with E-state index in [0.29, 0.717) is 17.9 Å². The normalized spacial score (nSPS) is 17.9. The van der Waals surface area contributed by atoms with E-state index in [-0.39, 0.29) is 18.9 Å². The van der Waals surface area contributed by atoms with Crippen LogP contribution in [-0.4, -0.2) is 49.6 Å². The Morgan fingerprint density at radius 3 is 2.58 bits per heavy atom. The topological polar surface area (TPSA) is 58.6 Å². The zero-order chi connectivity index (χ0) is 17.7. The maximum absolute atomic E-state index is 12.4. The predicted octanol–water partition coefficient (Wildman–Crippen LogP) is 1.76. The minimum Gasteiger partial charge on any atom is -0.497 e. The van der Waals surface area contributed by atoms with Crippen LogP contribution in [0.2, 0.25) is 0 Å². The summed E-state index contributed by atoms with van der Waals surface area (Å²) < 4.78 is 42.1. The van der Waals surface area contributed by atoms with Gasteiger partial charge in [-0.3, -0.25) is 9.59 Å². The fraction of sp³-hybridized carbons (Fsp3) is 0.500. The van der Waals surface area contributed by atoms with Gasteiger partial charge in [-0.2, -0.15) is 13.2 Å². The van der Waals surface area contributed by atoms with Crippen molar-refractivity contribution >= 4 is 11.8 Å². The molecule has 0 unspecified atom stereocenters. The van der Waals surface area contributed by atoms with Gasteiger partial charge in [0.15, 0.2) is 0 Å². The maximum Gasteiger partial charge on any atom is 0.406 e. The Hall–Kier alpha value is -2.25. The SMILES string of the molecule is COc1ccc(CCNC(=O)[C@@H]2CC(=O)N(CC(F)(F)F)C2)cc1. The summed E-state index contributed by atoms with van der Waals surface area (Å²) in [6.45, 7) is -1.14. The fourth-order valence-electron chi connectivity index (χ4n) is 2.58. The van der Waals surface area contributed by atoms with Gasteiger partial charge in [-0.25, -0.2) is 0 Å². The first-order valence-corrected chi connectivity index (χ1v) is 7.53. The molecule has 0 aromatic heterocycles. The number of hydrogen-bond donors (Lipinski definition) is 1. The average molecular weight is 344 g/mol. The molecule has 132 valence electrons.